The quantitative estimate of drug-likeness (QED) is 0.870. The molecule has 142 valence electrons. The lowest BCUT2D eigenvalue weighted by molar-refractivity contribution is -0.126. The fourth-order valence-corrected chi connectivity index (χ4v) is 6.15. The zero-order valence-corrected chi connectivity index (χ0v) is 15.9. The van der Waals surface area contributed by atoms with Crippen LogP contribution in [0.3, 0.4) is 0 Å². The Bertz CT molecular complexity index is 766. The molecule has 7 heteroatoms. The number of carbonyl (C=O) groups excluding carboxylic acids is 1. The highest BCUT2D eigenvalue weighted by Gasteiger charge is 2.36. The summed E-state index contributed by atoms with van der Waals surface area (Å²) in [6.45, 7) is 2.14. The van der Waals surface area contributed by atoms with Gasteiger partial charge in [0.1, 0.15) is 0 Å². The van der Waals surface area contributed by atoms with Crippen molar-refractivity contribution in [2.75, 3.05) is 26.2 Å². The lowest BCUT2D eigenvalue weighted by Crippen LogP contribution is -2.48. The molecule has 2 aliphatic heterocycles. The van der Waals surface area contributed by atoms with E-state index in [4.69, 9.17) is 0 Å². The van der Waals surface area contributed by atoms with Gasteiger partial charge in [-0.3, -0.25) is 4.79 Å². The Morgan fingerprint density at radius 3 is 2.35 bits per heavy atom. The van der Waals surface area contributed by atoms with Gasteiger partial charge in [-0.15, -0.1) is 0 Å². The Hall–Kier alpha value is -1.44. The van der Waals surface area contributed by atoms with Crippen LogP contribution >= 0.6 is 0 Å². The van der Waals surface area contributed by atoms with E-state index in [0.717, 1.165) is 25.7 Å². The van der Waals surface area contributed by atoms with E-state index in [9.17, 15) is 13.2 Å². The molecule has 6 nitrogen and oxygen atoms in total. The van der Waals surface area contributed by atoms with Gasteiger partial charge in [-0.1, -0.05) is 24.3 Å². The molecule has 0 aromatic heterocycles. The topological polar surface area (TPSA) is 69.7 Å². The predicted molar refractivity (Wildman–Crippen MR) is 99.7 cm³/mol. The Balaban J connectivity index is 1.33. The summed E-state index contributed by atoms with van der Waals surface area (Å²) in [6.07, 6.45) is 5.06. The van der Waals surface area contributed by atoms with E-state index >= 15 is 0 Å². The van der Waals surface area contributed by atoms with E-state index in [1.54, 1.807) is 8.61 Å². The number of amides is 1. The highest BCUT2D eigenvalue weighted by Crippen LogP contribution is 2.32. The first-order chi connectivity index (χ1) is 12.6. The van der Waals surface area contributed by atoms with Crippen molar-refractivity contribution in [2.24, 2.45) is 5.92 Å². The number of nitrogens with zero attached hydrogens (tertiary/aromatic N) is 2. The van der Waals surface area contributed by atoms with E-state index in [2.05, 4.69) is 17.4 Å². The first-order valence-electron chi connectivity index (χ1n) is 9.69. The van der Waals surface area contributed by atoms with E-state index < -0.39 is 10.2 Å². The van der Waals surface area contributed by atoms with Crippen LogP contribution in [-0.2, 0) is 21.4 Å². The normalized spacial score (nSPS) is 25.3. The number of fused-ring (bicyclic) bond motifs is 1. The van der Waals surface area contributed by atoms with Gasteiger partial charge in [-0.25, -0.2) is 0 Å². The largest absolute Gasteiger partial charge is 0.349 e. The fraction of sp³-hybridized carbons (Fsp3) is 0.632. The van der Waals surface area contributed by atoms with Crippen LogP contribution in [0, 0.1) is 5.92 Å². The minimum absolute atomic E-state index is 0.0740. The van der Waals surface area contributed by atoms with Crippen LogP contribution in [0.2, 0.25) is 0 Å². The molecule has 0 saturated carbocycles. The number of benzene rings is 1. The maximum absolute atomic E-state index is 12.7. The van der Waals surface area contributed by atoms with Crippen molar-refractivity contribution in [3.8, 4) is 0 Å². The second-order valence-corrected chi connectivity index (χ2v) is 9.51. The third kappa shape index (κ3) is 3.40. The fourth-order valence-electron chi connectivity index (χ4n) is 4.43. The lowest BCUT2D eigenvalue weighted by Gasteiger charge is -2.33. The van der Waals surface area contributed by atoms with Crippen LogP contribution in [0.15, 0.2) is 24.3 Å². The van der Waals surface area contributed by atoms with Crippen molar-refractivity contribution >= 4 is 16.1 Å². The number of rotatable bonds is 4. The first kappa shape index (κ1) is 17.9. The second kappa shape index (κ2) is 7.29. The van der Waals surface area contributed by atoms with E-state index in [1.807, 2.05) is 12.1 Å². The molecular weight excluding hydrogens is 350 g/mol. The molecule has 1 atom stereocenters. The number of hydrogen-bond acceptors (Lipinski definition) is 3. The molecule has 4 rings (SSSR count). The van der Waals surface area contributed by atoms with Crippen LogP contribution in [0.25, 0.3) is 0 Å². The third-order valence-corrected chi connectivity index (χ3v) is 8.03. The van der Waals surface area contributed by atoms with Gasteiger partial charge in [0.25, 0.3) is 10.2 Å². The van der Waals surface area contributed by atoms with Gasteiger partial charge in [-0.2, -0.15) is 17.0 Å². The van der Waals surface area contributed by atoms with Crippen LogP contribution in [0.5, 0.6) is 0 Å². The summed E-state index contributed by atoms with van der Waals surface area (Å²) >= 11 is 0. The minimum atomic E-state index is -3.34. The second-order valence-electron chi connectivity index (χ2n) is 7.59. The molecule has 1 aliphatic carbocycles. The average Bonchev–Trinajstić information content (AvgIpc) is 3.33. The Kier molecular flexibility index (Phi) is 5.03. The first-order valence-corrected chi connectivity index (χ1v) is 11.1. The molecule has 1 aromatic carbocycles. The van der Waals surface area contributed by atoms with Gasteiger partial charge in [0.2, 0.25) is 5.91 Å². The van der Waals surface area contributed by atoms with Crippen molar-refractivity contribution < 1.29 is 13.2 Å². The van der Waals surface area contributed by atoms with Crippen LogP contribution in [-0.4, -0.2) is 49.1 Å². The molecule has 2 fully saturated rings. The highest BCUT2D eigenvalue weighted by molar-refractivity contribution is 7.86. The van der Waals surface area contributed by atoms with E-state index in [1.165, 1.54) is 11.1 Å². The van der Waals surface area contributed by atoms with Crippen LogP contribution in [0.1, 0.15) is 49.3 Å². The number of hydrogen-bond donors (Lipinski definition) is 1. The lowest BCUT2D eigenvalue weighted by atomic mass is 9.96. The average molecular weight is 378 g/mol. The van der Waals surface area contributed by atoms with Gasteiger partial charge >= 0.3 is 0 Å². The Morgan fingerprint density at radius 1 is 0.962 bits per heavy atom. The molecule has 26 heavy (non-hydrogen) atoms. The number of aryl methyl sites for hydroxylation is 1. The maximum atomic E-state index is 12.7. The van der Waals surface area contributed by atoms with Crippen molar-refractivity contribution in [2.45, 2.75) is 44.6 Å². The van der Waals surface area contributed by atoms with Crippen molar-refractivity contribution in [3.05, 3.63) is 35.4 Å². The monoisotopic (exact) mass is 377 g/mol. The summed E-state index contributed by atoms with van der Waals surface area (Å²) in [5.41, 5.74) is 2.55. The van der Waals surface area contributed by atoms with Gasteiger partial charge in [0.15, 0.2) is 0 Å². The van der Waals surface area contributed by atoms with Crippen molar-refractivity contribution in [1.82, 2.24) is 13.9 Å². The number of carbonyl (C=O) groups is 1. The predicted octanol–water partition coefficient (Wildman–Crippen LogP) is 1.84. The molecule has 1 amide bonds. The van der Waals surface area contributed by atoms with Crippen LogP contribution in [0.4, 0.5) is 0 Å². The number of nitrogens with one attached hydrogen (secondary N) is 1. The maximum Gasteiger partial charge on any atom is 0.281 e. The van der Waals surface area contributed by atoms with Gasteiger partial charge in [0.05, 0.1) is 6.04 Å². The zero-order valence-electron chi connectivity index (χ0n) is 15.1. The molecule has 0 spiro atoms. The molecule has 2 saturated heterocycles. The van der Waals surface area contributed by atoms with Crippen LogP contribution < -0.4 is 5.32 Å². The third-order valence-electron chi connectivity index (χ3n) is 5.99. The summed E-state index contributed by atoms with van der Waals surface area (Å²) in [4.78, 5) is 12.7. The number of piperidine rings is 1. The molecule has 0 bridgehead atoms. The van der Waals surface area contributed by atoms with Gasteiger partial charge in [-0.05, 0) is 49.7 Å². The summed E-state index contributed by atoms with van der Waals surface area (Å²) in [5.74, 6) is -0.0160. The molecule has 3 aliphatic rings. The summed E-state index contributed by atoms with van der Waals surface area (Å²) < 4.78 is 28.4. The van der Waals surface area contributed by atoms with Crippen molar-refractivity contribution in [1.29, 1.82) is 0 Å². The Labute approximate surface area is 155 Å². The summed E-state index contributed by atoms with van der Waals surface area (Å²) in [6, 6.07) is 8.39. The Morgan fingerprint density at radius 2 is 1.62 bits per heavy atom. The van der Waals surface area contributed by atoms with Gasteiger partial charge < -0.3 is 5.32 Å². The smallest absolute Gasteiger partial charge is 0.281 e. The van der Waals surface area contributed by atoms with Crippen molar-refractivity contribution in [3.63, 3.8) is 0 Å². The molecular formula is C19H27N3O3S. The standard InChI is InChI=1S/C19H27N3O3S/c23-19(20-18-8-7-15-5-1-2-6-17(15)18)16-9-13-22(14-10-16)26(24,25)21-11-3-4-12-21/h1-2,5-6,16,18H,3-4,7-14H2,(H,20,23). The zero-order chi connectivity index (χ0) is 18.1. The highest BCUT2D eigenvalue weighted by atomic mass is 32.2. The molecule has 1 aromatic rings. The molecule has 2 heterocycles. The van der Waals surface area contributed by atoms with E-state index in [0.29, 0.717) is 39.0 Å². The van der Waals surface area contributed by atoms with E-state index in [-0.39, 0.29) is 17.9 Å². The summed E-state index contributed by atoms with van der Waals surface area (Å²) in [7, 11) is -3.34. The molecule has 0 radical (unpaired) electrons. The summed E-state index contributed by atoms with van der Waals surface area (Å²) in [5, 5.41) is 3.20. The molecule has 1 unspecified atom stereocenters. The SMILES string of the molecule is O=C(NC1CCc2ccccc21)C1CCN(S(=O)(=O)N2CCCC2)CC1. The minimum Gasteiger partial charge on any atom is -0.349 e. The molecule has 1 N–H and O–H groups in total. The van der Waals surface area contributed by atoms with Gasteiger partial charge in [0, 0.05) is 32.1 Å².